The van der Waals surface area contributed by atoms with Gasteiger partial charge in [0, 0.05) is 60.8 Å². The number of hydrogen-bond acceptors (Lipinski definition) is 5. The number of aromatic nitrogens is 1. The number of ether oxygens (including phenoxy) is 2. The number of nitrogens with zero attached hydrogens (tertiary/aromatic N) is 3. The molecule has 1 amide bonds. The van der Waals surface area contributed by atoms with Crippen molar-refractivity contribution in [1.82, 2.24) is 14.4 Å². The molecule has 5 rings (SSSR count). The number of piperazine rings is 1. The predicted molar refractivity (Wildman–Crippen MR) is 116 cm³/mol. The molecule has 1 aromatic heterocycles. The summed E-state index contributed by atoms with van der Waals surface area (Å²) in [5.74, 6) is 2.18. The van der Waals surface area contributed by atoms with Gasteiger partial charge in [0.05, 0.1) is 6.54 Å². The molecule has 0 radical (unpaired) electrons. The Kier molecular flexibility index (Phi) is 5.22. The van der Waals surface area contributed by atoms with Crippen LogP contribution in [0.25, 0.3) is 5.69 Å². The van der Waals surface area contributed by atoms with Crippen molar-refractivity contribution in [3.05, 3.63) is 41.2 Å². The van der Waals surface area contributed by atoms with Crippen LogP contribution in [0.3, 0.4) is 0 Å². The number of ketones is 1. The first-order chi connectivity index (χ1) is 15.0. The smallest absolute Gasteiger partial charge is 0.225 e. The Morgan fingerprint density at radius 3 is 2.39 bits per heavy atom. The number of benzene rings is 1. The number of fused-ring (bicyclic) bond motifs is 1. The van der Waals surface area contributed by atoms with Crippen molar-refractivity contribution in [3.8, 4) is 17.2 Å². The van der Waals surface area contributed by atoms with Gasteiger partial charge in [0.2, 0.25) is 5.91 Å². The number of aryl methyl sites for hydroxylation is 1. The zero-order valence-electron chi connectivity index (χ0n) is 18.2. The highest BCUT2D eigenvalue weighted by Crippen LogP contribution is 2.34. The van der Waals surface area contributed by atoms with Gasteiger partial charge in [0.25, 0.3) is 0 Å². The molecule has 0 N–H and O–H groups in total. The Hall–Kier alpha value is -2.80. The Morgan fingerprint density at radius 2 is 1.68 bits per heavy atom. The molecular formula is C24H29N3O4. The zero-order chi connectivity index (χ0) is 21.5. The maximum absolute atomic E-state index is 13.1. The molecule has 2 aromatic rings. The highest BCUT2D eigenvalue weighted by atomic mass is 16.6. The largest absolute Gasteiger partial charge is 0.486 e. The topological polar surface area (TPSA) is 64.0 Å². The van der Waals surface area contributed by atoms with Gasteiger partial charge < -0.3 is 18.9 Å². The Balaban J connectivity index is 1.28. The van der Waals surface area contributed by atoms with Gasteiger partial charge in [-0.05, 0) is 44.9 Å². The SMILES string of the molecule is Cc1cc(C(=O)CN2CCN(C(=O)C3CC3)CC2)c(C)n1-c1ccc2c(c1)OCCO2. The maximum Gasteiger partial charge on any atom is 0.225 e. The van der Waals surface area contributed by atoms with E-state index in [9.17, 15) is 9.59 Å². The van der Waals surface area contributed by atoms with Gasteiger partial charge in [0.1, 0.15) is 13.2 Å². The minimum Gasteiger partial charge on any atom is -0.486 e. The number of carbonyl (C=O) groups excluding carboxylic acids is 2. The van der Waals surface area contributed by atoms with Crippen LogP contribution in [0.1, 0.15) is 34.6 Å². The lowest BCUT2D eigenvalue weighted by atomic mass is 10.1. The van der Waals surface area contributed by atoms with E-state index in [1.165, 1.54) is 0 Å². The van der Waals surface area contributed by atoms with E-state index in [2.05, 4.69) is 9.47 Å². The van der Waals surface area contributed by atoms with E-state index in [0.717, 1.165) is 73.2 Å². The minimum atomic E-state index is 0.124. The fraction of sp³-hybridized carbons (Fsp3) is 0.500. The molecule has 0 unspecified atom stereocenters. The van der Waals surface area contributed by atoms with Crippen molar-refractivity contribution in [2.75, 3.05) is 45.9 Å². The summed E-state index contributed by atoms with van der Waals surface area (Å²) in [6, 6.07) is 7.87. The fourth-order valence-corrected chi connectivity index (χ4v) is 4.62. The van der Waals surface area contributed by atoms with Crippen molar-refractivity contribution in [2.45, 2.75) is 26.7 Å². The first-order valence-electron chi connectivity index (χ1n) is 11.1. The highest BCUT2D eigenvalue weighted by Gasteiger charge is 2.34. The second-order valence-corrected chi connectivity index (χ2v) is 8.75. The van der Waals surface area contributed by atoms with Gasteiger partial charge in [-0.15, -0.1) is 0 Å². The van der Waals surface area contributed by atoms with Gasteiger partial charge in [-0.25, -0.2) is 0 Å². The lowest BCUT2D eigenvalue weighted by Gasteiger charge is -2.34. The molecule has 3 aliphatic rings. The summed E-state index contributed by atoms with van der Waals surface area (Å²) >= 11 is 0. The Bertz CT molecular complexity index is 1020. The summed E-state index contributed by atoms with van der Waals surface area (Å²) in [7, 11) is 0. The number of Topliss-reactive ketones (excluding diaryl/α,β-unsaturated/α-hetero) is 1. The van der Waals surface area contributed by atoms with E-state index in [1.807, 2.05) is 43.0 Å². The molecule has 1 aliphatic carbocycles. The quantitative estimate of drug-likeness (QED) is 0.692. The number of rotatable bonds is 5. The van der Waals surface area contributed by atoms with E-state index in [-0.39, 0.29) is 11.7 Å². The van der Waals surface area contributed by atoms with Crippen LogP contribution in [-0.4, -0.2) is 72.0 Å². The fourth-order valence-electron chi connectivity index (χ4n) is 4.62. The van der Waals surface area contributed by atoms with Crippen LogP contribution < -0.4 is 9.47 Å². The van der Waals surface area contributed by atoms with Crippen LogP contribution in [0, 0.1) is 19.8 Å². The molecule has 1 saturated carbocycles. The molecule has 1 saturated heterocycles. The molecule has 1 aromatic carbocycles. The molecule has 0 spiro atoms. The molecule has 2 fully saturated rings. The molecule has 164 valence electrons. The normalized spacial score (nSPS) is 18.8. The molecule has 3 heterocycles. The lowest BCUT2D eigenvalue weighted by molar-refractivity contribution is -0.134. The van der Waals surface area contributed by atoms with Gasteiger partial charge in [-0.1, -0.05) is 0 Å². The third-order valence-electron chi connectivity index (χ3n) is 6.49. The molecular weight excluding hydrogens is 394 g/mol. The third-order valence-corrected chi connectivity index (χ3v) is 6.49. The zero-order valence-corrected chi connectivity index (χ0v) is 18.2. The molecule has 2 aliphatic heterocycles. The van der Waals surface area contributed by atoms with Crippen LogP contribution in [-0.2, 0) is 4.79 Å². The number of amides is 1. The van der Waals surface area contributed by atoms with E-state index in [1.54, 1.807) is 0 Å². The van der Waals surface area contributed by atoms with Crippen molar-refractivity contribution in [3.63, 3.8) is 0 Å². The van der Waals surface area contributed by atoms with E-state index >= 15 is 0 Å². The number of hydrogen-bond donors (Lipinski definition) is 0. The minimum absolute atomic E-state index is 0.124. The molecule has 7 heteroatoms. The van der Waals surface area contributed by atoms with Crippen molar-refractivity contribution >= 4 is 11.7 Å². The third kappa shape index (κ3) is 3.94. The second-order valence-electron chi connectivity index (χ2n) is 8.75. The number of carbonyl (C=O) groups is 2. The van der Waals surface area contributed by atoms with Crippen LogP contribution >= 0.6 is 0 Å². The van der Waals surface area contributed by atoms with Gasteiger partial charge in [-0.3, -0.25) is 14.5 Å². The molecule has 0 bridgehead atoms. The first-order valence-corrected chi connectivity index (χ1v) is 11.1. The average molecular weight is 424 g/mol. The van der Waals surface area contributed by atoms with Crippen LogP contribution in [0.2, 0.25) is 0 Å². The van der Waals surface area contributed by atoms with Crippen LogP contribution in [0.5, 0.6) is 11.5 Å². The van der Waals surface area contributed by atoms with Gasteiger partial charge in [0.15, 0.2) is 17.3 Å². The molecule has 0 atom stereocenters. The Morgan fingerprint density at radius 1 is 0.968 bits per heavy atom. The van der Waals surface area contributed by atoms with Crippen molar-refractivity contribution in [2.24, 2.45) is 5.92 Å². The van der Waals surface area contributed by atoms with Crippen LogP contribution in [0.4, 0.5) is 0 Å². The summed E-state index contributed by atoms with van der Waals surface area (Å²) in [6.45, 7) is 8.45. The van der Waals surface area contributed by atoms with Crippen LogP contribution in [0.15, 0.2) is 24.3 Å². The summed E-state index contributed by atoms with van der Waals surface area (Å²) in [5, 5.41) is 0. The van der Waals surface area contributed by atoms with Gasteiger partial charge in [-0.2, -0.15) is 0 Å². The average Bonchev–Trinajstić information content (AvgIpc) is 3.58. The summed E-state index contributed by atoms with van der Waals surface area (Å²) < 4.78 is 13.4. The van der Waals surface area contributed by atoms with E-state index < -0.39 is 0 Å². The first kappa shape index (κ1) is 20.1. The van der Waals surface area contributed by atoms with E-state index in [4.69, 9.17) is 9.47 Å². The second kappa shape index (κ2) is 8.04. The van der Waals surface area contributed by atoms with Gasteiger partial charge >= 0.3 is 0 Å². The highest BCUT2D eigenvalue weighted by molar-refractivity contribution is 5.99. The lowest BCUT2D eigenvalue weighted by Crippen LogP contribution is -2.50. The molecule has 31 heavy (non-hydrogen) atoms. The Labute approximate surface area is 182 Å². The molecule has 7 nitrogen and oxygen atoms in total. The van der Waals surface area contributed by atoms with E-state index in [0.29, 0.717) is 25.7 Å². The summed E-state index contributed by atoms with van der Waals surface area (Å²) in [6.07, 6.45) is 2.08. The van der Waals surface area contributed by atoms with Crippen molar-refractivity contribution in [1.29, 1.82) is 0 Å². The maximum atomic E-state index is 13.1. The monoisotopic (exact) mass is 423 g/mol. The van der Waals surface area contributed by atoms with Crippen molar-refractivity contribution < 1.29 is 19.1 Å². The predicted octanol–water partition coefficient (Wildman–Crippen LogP) is 2.60. The summed E-state index contributed by atoms with van der Waals surface area (Å²) in [4.78, 5) is 29.5. The summed E-state index contributed by atoms with van der Waals surface area (Å²) in [5.41, 5.74) is 3.66. The standard InChI is InChI=1S/C24H29N3O4/c1-16-13-20(17(2)27(16)19-5-6-22-23(14-19)31-12-11-30-22)21(28)15-25-7-9-26(10-8-25)24(29)18-3-4-18/h5-6,13-14,18H,3-4,7-12,15H2,1-2H3.